The Kier molecular flexibility index (Phi) is 3.66. The molecule has 0 radical (unpaired) electrons. The minimum absolute atomic E-state index is 0.0790. The van der Waals surface area contributed by atoms with E-state index in [-0.39, 0.29) is 18.1 Å². The Hall–Kier alpha value is -0.870. The third-order valence-corrected chi connectivity index (χ3v) is 2.66. The number of rotatable bonds is 4. The highest BCUT2D eigenvalue weighted by atomic mass is 32.1. The maximum absolute atomic E-state index is 11.6. The van der Waals surface area contributed by atoms with Crippen LogP contribution in [-0.2, 0) is 0 Å². The zero-order valence-corrected chi connectivity index (χ0v) is 9.23. The van der Waals surface area contributed by atoms with Gasteiger partial charge in [0.2, 0.25) is 0 Å². The molecule has 0 aliphatic heterocycles. The quantitative estimate of drug-likeness (QED) is 0.798. The van der Waals surface area contributed by atoms with Gasteiger partial charge in [0, 0.05) is 17.5 Å². The first kappa shape index (κ1) is 11.2. The normalized spacial score (nSPS) is 11.4. The van der Waals surface area contributed by atoms with Gasteiger partial charge in [-0.3, -0.25) is 4.79 Å². The van der Waals surface area contributed by atoms with Gasteiger partial charge in [-0.05, 0) is 31.7 Å². The number of carbonyl (C=O) groups is 1. The first-order chi connectivity index (χ1) is 6.55. The first-order valence-corrected chi connectivity index (χ1v) is 5.45. The van der Waals surface area contributed by atoms with E-state index in [1.165, 1.54) is 11.3 Å². The Morgan fingerprint density at radius 2 is 2.36 bits per heavy atom. The Balaban J connectivity index is 2.57. The molecule has 0 saturated carbocycles. The van der Waals surface area contributed by atoms with Crippen LogP contribution in [0.15, 0.2) is 16.8 Å². The lowest BCUT2D eigenvalue weighted by Gasteiger charge is -2.25. The fourth-order valence-electron chi connectivity index (χ4n) is 1.12. The second-order valence-electron chi connectivity index (χ2n) is 3.82. The highest BCUT2D eigenvalue weighted by Crippen LogP contribution is 2.11. The lowest BCUT2D eigenvalue weighted by molar-refractivity contribution is 0.0900. The van der Waals surface area contributed by atoms with E-state index in [0.717, 1.165) is 0 Å². The van der Waals surface area contributed by atoms with Gasteiger partial charge in [-0.15, -0.1) is 0 Å². The summed E-state index contributed by atoms with van der Waals surface area (Å²) < 4.78 is 0. The van der Waals surface area contributed by atoms with Crippen molar-refractivity contribution in [3.05, 3.63) is 22.4 Å². The van der Waals surface area contributed by atoms with Crippen LogP contribution < -0.4 is 5.32 Å². The molecule has 1 amide bonds. The summed E-state index contributed by atoms with van der Waals surface area (Å²) in [6, 6.07) is 1.79. The van der Waals surface area contributed by atoms with E-state index in [4.69, 9.17) is 5.11 Å². The van der Waals surface area contributed by atoms with Crippen LogP contribution >= 0.6 is 11.3 Å². The monoisotopic (exact) mass is 213 g/mol. The molecule has 14 heavy (non-hydrogen) atoms. The van der Waals surface area contributed by atoms with Crippen LogP contribution in [-0.4, -0.2) is 23.2 Å². The van der Waals surface area contributed by atoms with Gasteiger partial charge >= 0.3 is 0 Å². The van der Waals surface area contributed by atoms with Crippen molar-refractivity contribution in [3.8, 4) is 0 Å². The molecule has 0 aliphatic rings. The van der Waals surface area contributed by atoms with Crippen molar-refractivity contribution in [2.24, 2.45) is 0 Å². The Morgan fingerprint density at radius 3 is 2.86 bits per heavy atom. The molecule has 0 fully saturated rings. The summed E-state index contributed by atoms with van der Waals surface area (Å²) >= 11 is 1.50. The van der Waals surface area contributed by atoms with Gasteiger partial charge in [-0.25, -0.2) is 0 Å². The van der Waals surface area contributed by atoms with Crippen molar-refractivity contribution in [2.75, 3.05) is 6.61 Å². The van der Waals surface area contributed by atoms with E-state index < -0.39 is 0 Å². The van der Waals surface area contributed by atoms with Gasteiger partial charge in [0.1, 0.15) is 0 Å². The van der Waals surface area contributed by atoms with Crippen LogP contribution in [0.25, 0.3) is 0 Å². The van der Waals surface area contributed by atoms with Crippen LogP contribution in [0.3, 0.4) is 0 Å². The maximum atomic E-state index is 11.6. The molecule has 1 rings (SSSR count). The van der Waals surface area contributed by atoms with Gasteiger partial charge in [0.05, 0.1) is 5.56 Å². The maximum Gasteiger partial charge on any atom is 0.252 e. The van der Waals surface area contributed by atoms with Crippen molar-refractivity contribution >= 4 is 17.2 Å². The molecular weight excluding hydrogens is 198 g/mol. The lowest BCUT2D eigenvalue weighted by Crippen LogP contribution is -2.43. The van der Waals surface area contributed by atoms with Crippen LogP contribution in [0, 0.1) is 0 Å². The zero-order chi connectivity index (χ0) is 10.6. The van der Waals surface area contributed by atoms with E-state index in [1.807, 2.05) is 24.6 Å². The predicted molar refractivity (Wildman–Crippen MR) is 57.6 cm³/mol. The molecule has 1 aromatic rings. The first-order valence-electron chi connectivity index (χ1n) is 4.51. The number of amides is 1. The summed E-state index contributed by atoms with van der Waals surface area (Å²) in [5.41, 5.74) is 0.328. The molecule has 1 aromatic heterocycles. The highest BCUT2D eigenvalue weighted by molar-refractivity contribution is 7.08. The number of hydrogen-bond acceptors (Lipinski definition) is 3. The molecule has 4 heteroatoms. The molecule has 3 nitrogen and oxygen atoms in total. The fourth-order valence-corrected chi connectivity index (χ4v) is 1.75. The molecular formula is C10H15NO2S. The van der Waals surface area contributed by atoms with Gasteiger partial charge in [0.25, 0.3) is 5.91 Å². The largest absolute Gasteiger partial charge is 0.396 e. The zero-order valence-electron chi connectivity index (χ0n) is 8.41. The SMILES string of the molecule is CC(C)(CCO)NC(=O)c1ccsc1. The summed E-state index contributed by atoms with van der Waals surface area (Å²) in [6.45, 7) is 3.87. The van der Waals surface area contributed by atoms with Gasteiger partial charge in [-0.1, -0.05) is 0 Å². The topological polar surface area (TPSA) is 49.3 Å². The Bertz CT molecular complexity index is 293. The van der Waals surface area contributed by atoms with Crippen LogP contribution in [0.1, 0.15) is 30.6 Å². The molecule has 0 spiro atoms. The number of hydrogen-bond donors (Lipinski definition) is 2. The third-order valence-electron chi connectivity index (χ3n) is 1.97. The van der Waals surface area contributed by atoms with Crippen molar-refractivity contribution in [2.45, 2.75) is 25.8 Å². The summed E-state index contributed by atoms with van der Waals surface area (Å²) in [6.07, 6.45) is 0.558. The average Bonchev–Trinajstić information content (AvgIpc) is 2.53. The molecule has 0 atom stereocenters. The van der Waals surface area contributed by atoms with Crippen LogP contribution in [0.5, 0.6) is 0 Å². The average molecular weight is 213 g/mol. The van der Waals surface area contributed by atoms with Crippen molar-refractivity contribution in [1.29, 1.82) is 0 Å². The third kappa shape index (κ3) is 3.12. The highest BCUT2D eigenvalue weighted by Gasteiger charge is 2.20. The van der Waals surface area contributed by atoms with E-state index in [2.05, 4.69) is 5.32 Å². The number of thiophene rings is 1. The van der Waals surface area contributed by atoms with E-state index in [0.29, 0.717) is 12.0 Å². The summed E-state index contributed by atoms with van der Waals surface area (Å²) in [5, 5.41) is 15.3. The molecule has 78 valence electrons. The van der Waals surface area contributed by atoms with Crippen molar-refractivity contribution in [3.63, 3.8) is 0 Å². The number of aliphatic hydroxyl groups is 1. The summed E-state index contributed by atoms with van der Waals surface area (Å²) in [5.74, 6) is -0.0790. The van der Waals surface area contributed by atoms with Gasteiger partial charge < -0.3 is 10.4 Å². The van der Waals surface area contributed by atoms with Crippen molar-refractivity contribution in [1.82, 2.24) is 5.32 Å². The molecule has 0 saturated heterocycles. The molecule has 2 N–H and O–H groups in total. The van der Waals surface area contributed by atoms with E-state index in [9.17, 15) is 4.79 Å². The number of nitrogens with one attached hydrogen (secondary N) is 1. The predicted octanol–water partition coefficient (Wildman–Crippen LogP) is 1.64. The minimum atomic E-state index is -0.353. The molecule has 0 bridgehead atoms. The summed E-state index contributed by atoms with van der Waals surface area (Å²) in [7, 11) is 0. The standard InChI is InChI=1S/C10H15NO2S/c1-10(2,4-5-12)11-9(13)8-3-6-14-7-8/h3,6-7,12H,4-5H2,1-2H3,(H,11,13). The lowest BCUT2D eigenvalue weighted by atomic mass is 10.0. The van der Waals surface area contributed by atoms with Crippen molar-refractivity contribution < 1.29 is 9.90 Å². The van der Waals surface area contributed by atoms with E-state index >= 15 is 0 Å². The van der Waals surface area contributed by atoms with Crippen LogP contribution in [0.4, 0.5) is 0 Å². The smallest absolute Gasteiger partial charge is 0.252 e. The minimum Gasteiger partial charge on any atom is -0.396 e. The summed E-state index contributed by atoms with van der Waals surface area (Å²) in [4.78, 5) is 11.6. The van der Waals surface area contributed by atoms with E-state index in [1.54, 1.807) is 6.07 Å². The Morgan fingerprint density at radius 1 is 1.64 bits per heavy atom. The van der Waals surface area contributed by atoms with Gasteiger partial charge in [0.15, 0.2) is 0 Å². The van der Waals surface area contributed by atoms with Crippen LogP contribution in [0.2, 0.25) is 0 Å². The number of carbonyl (C=O) groups excluding carboxylic acids is 1. The molecule has 0 aromatic carbocycles. The second-order valence-corrected chi connectivity index (χ2v) is 4.60. The molecule has 0 aliphatic carbocycles. The number of aliphatic hydroxyl groups excluding tert-OH is 1. The van der Waals surface area contributed by atoms with Gasteiger partial charge in [-0.2, -0.15) is 11.3 Å². The Labute approximate surface area is 87.8 Å². The molecule has 1 heterocycles. The fraction of sp³-hybridized carbons (Fsp3) is 0.500. The molecule has 0 unspecified atom stereocenters. The second kappa shape index (κ2) is 4.57.